The van der Waals surface area contributed by atoms with E-state index in [1.165, 1.54) is 4.88 Å². The number of nitrogens with one attached hydrogen (secondary N) is 2. The smallest absolute Gasteiger partial charge is 0.319 e. The summed E-state index contributed by atoms with van der Waals surface area (Å²) in [6.45, 7) is 9.73. The number of aryl methyl sites for hydroxylation is 1. The van der Waals surface area contributed by atoms with Crippen LogP contribution in [0, 0.1) is 12.8 Å². The number of hydrogen-bond donors (Lipinski definition) is 2. The van der Waals surface area contributed by atoms with Crippen molar-refractivity contribution in [2.45, 2.75) is 40.2 Å². The Balaban J connectivity index is 1.79. The molecule has 0 fully saturated rings. The Labute approximate surface area is 135 Å². The van der Waals surface area contributed by atoms with E-state index in [1.54, 1.807) is 17.5 Å². The molecule has 1 atom stereocenters. The van der Waals surface area contributed by atoms with E-state index >= 15 is 0 Å². The maximum Gasteiger partial charge on any atom is 0.319 e. The lowest BCUT2D eigenvalue weighted by Gasteiger charge is -2.10. The van der Waals surface area contributed by atoms with Gasteiger partial charge in [-0.3, -0.25) is 4.68 Å². The van der Waals surface area contributed by atoms with Gasteiger partial charge in [-0.2, -0.15) is 5.10 Å². The minimum atomic E-state index is -0.218. The Kier molecular flexibility index (Phi) is 5.54. The highest BCUT2D eigenvalue weighted by Crippen LogP contribution is 2.20. The van der Waals surface area contributed by atoms with Crippen LogP contribution in [0.25, 0.3) is 0 Å². The highest BCUT2D eigenvalue weighted by Gasteiger charge is 2.11. The summed E-state index contributed by atoms with van der Waals surface area (Å²) in [6.07, 6.45) is 5.36. The summed E-state index contributed by atoms with van der Waals surface area (Å²) in [4.78, 5) is 17.4. The first kappa shape index (κ1) is 16.5. The largest absolute Gasteiger partial charge is 0.337 e. The van der Waals surface area contributed by atoms with Crippen LogP contribution in [0.1, 0.15) is 36.6 Å². The van der Waals surface area contributed by atoms with Crippen molar-refractivity contribution >= 4 is 23.1 Å². The third kappa shape index (κ3) is 4.84. The minimum Gasteiger partial charge on any atom is -0.337 e. The van der Waals surface area contributed by atoms with Crippen molar-refractivity contribution in [1.82, 2.24) is 20.1 Å². The lowest BCUT2D eigenvalue weighted by molar-refractivity contribution is 0.251. The third-order valence-electron chi connectivity index (χ3n) is 3.07. The van der Waals surface area contributed by atoms with Gasteiger partial charge in [-0.1, -0.05) is 20.8 Å². The van der Waals surface area contributed by atoms with Gasteiger partial charge < -0.3 is 10.6 Å². The first-order valence-corrected chi connectivity index (χ1v) is 8.25. The number of anilines is 1. The molecule has 0 radical (unpaired) electrons. The second-order valence-corrected chi connectivity index (χ2v) is 7.16. The molecule has 2 heterocycles. The van der Waals surface area contributed by atoms with Crippen LogP contribution < -0.4 is 10.6 Å². The normalized spacial score (nSPS) is 12.4. The standard InChI is InChI=1S/C15H23N5OS/c1-10(2)8-20-9-13(7-18-20)19-15(21)17-5-11(3)14-16-6-12(4)22-14/h6-7,9-11H,5,8H2,1-4H3,(H2,17,19,21)/t11-/m0/s1. The van der Waals surface area contributed by atoms with E-state index in [4.69, 9.17) is 0 Å². The second-order valence-electron chi connectivity index (χ2n) is 5.89. The van der Waals surface area contributed by atoms with Gasteiger partial charge >= 0.3 is 6.03 Å². The van der Waals surface area contributed by atoms with Crippen LogP contribution >= 0.6 is 11.3 Å². The molecule has 7 heteroatoms. The zero-order valence-corrected chi connectivity index (χ0v) is 14.3. The van der Waals surface area contributed by atoms with Crippen molar-refractivity contribution < 1.29 is 4.79 Å². The fourth-order valence-electron chi connectivity index (χ4n) is 2.01. The van der Waals surface area contributed by atoms with E-state index in [1.807, 2.05) is 24.0 Å². The van der Waals surface area contributed by atoms with Crippen LogP contribution in [-0.2, 0) is 6.54 Å². The van der Waals surface area contributed by atoms with Crippen molar-refractivity contribution in [2.75, 3.05) is 11.9 Å². The number of hydrogen-bond acceptors (Lipinski definition) is 4. The van der Waals surface area contributed by atoms with E-state index in [-0.39, 0.29) is 11.9 Å². The quantitative estimate of drug-likeness (QED) is 0.858. The molecule has 2 amide bonds. The molecule has 2 aromatic heterocycles. The fraction of sp³-hybridized carbons (Fsp3) is 0.533. The summed E-state index contributed by atoms with van der Waals surface area (Å²) in [7, 11) is 0. The highest BCUT2D eigenvalue weighted by atomic mass is 32.1. The zero-order valence-electron chi connectivity index (χ0n) is 13.5. The molecule has 120 valence electrons. The monoisotopic (exact) mass is 321 g/mol. The van der Waals surface area contributed by atoms with Crippen molar-refractivity contribution in [3.8, 4) is 0 Å². The summed E-state index contributed by atoms with van der Waals surface area (Å²) in [5.74, 6) is 0.720. The minimum absolute atomic E-state index is 0.202. The third-order valence-corrected chi connectivity index (χ3v) is 4.22. The number of carbonyl (C=O) groups is 1. The number of amides is 2. The molecule has 2 aromatic rings. The van der Waals surface area contributed by atoms with Gasteiger partial charge in [0.15, 0.2) is 0 Å². The van der Waals surface area contributed by atoms with Gasteiger partial charge in [-0.05, 0) is 12.8 Å². The molecule has 0 aliphatic carbocycles. The second kappa shape index (κ2) is 7.40. The molecule has 2 rings (SSSR count). The van der Waals surface area contributed by atoms with Crippen LogP contribution in [0.2, 0.25) is 0 Å². The average molecular weight is 321 g/mol. The summed E-state index contributed by atoms with van der Waals surface area (Å²) >= 11 is 1.66. The van der Waals surface area contributed by atoms with Crippen molar-refractivity contribution in [2.24, 2.45) is 5.92 Å². The Hall–Kier alpha value is -1.89. The van der Waals surface area contributed by atoms with E-state index in [2.05, 4.69) is 41.5 Å². The lowest BCUT2D eigenvalue weighted by atomic mass is 10.2. The molecule has 0 saturated carbocycles. The number of nitrogens with zero attached hydrogens (tertiary/aromatic N) is 3. The number of rotatable bonds is 6. The van der Waals surface area contributed by atoms with Crippen LogP contribution in [0.4, 0.5) is 10.5 Å². The van der Waals surface area contributed by atoms with E-state index < -0.39 is 0 Å². The van der Waals surface area contributed by atoms with Gasteiger partial charge in [0.05, 0.1) is 16.9 Å². The first-order chi connectivity index (χ1) is 10.4. The maximum atomic E-state index is 11.9. The molecule has 0 aliphatic rings. The van der Waals surface area contributed by atoms with Crippen molar-refractivity contribution in [1.29, 1.82) is 0 Å². The fourth-order valence-corrected chi connectivity index (χ4v) is 2.84. The summed E-state index contributed by atoms with van der Waals surface area (Å²) in [5.41, 5.74) is 0.705. The SMILES string of the molecule is Cc1cnc([C@@H](C)CNC(=O)Nc2cnn(CC(C)C)c2)s1. The summed E-state index contributed by atoms with van der Waals surface area (Å²) in [6, 6.07) is -0.218. The molecular weight excluding hydrogens is 298 g/mol. The van der Waals surface area contributed by atoms with Gasteiger partial charge in [-0.15, -0.1) is 11.3 Å². The Morgan fingerprint density at radius 2 is 2.14 bits per heavy atom. The molecule has 2 N–H and O–H groups in total. The highest BCUT2D eigenvalue weighted by molar-refractivity contribution is 7.11. The molecule has 0 aromatic carbocycles. The van der Waals surface area contributed by atoms with Crippen molar-refractivity contribution in [3.63, 3.8) is 0 Å². The molecule has 6 nitrogen and oxygen atoms in total. The van der Waals surface area contributed by atoms with E-state index in [0.717, 1.165) is 11.6 Å². The maximum absolute atomic E-state index is 11.9. The van der Waals surface area contributed by atoms with Crippen LogP contribution in [-0.4, -0.2) is 27.3 Å². The van der Waals surface area contributed by atoms with E-state index in [0.29, 0.717) is 18.2 Å². The predicted molar refractivity (Wildman–Crippen MR) is 89.4 cm³/mol. The summed E-state index contributed by atoms with van der Waals surface area (Å²) < 4.78 is 1.83. The summed E-state index contributed by atoms with van der Waals surface area (Å²) in [5, 5.41) is 10.9. The van der Waals surface area contributed by atoms with Gasteiger partial charge in [-0.25, -0.2) is 9.78 Å². The van der Waals surface area contributed by atoms with Gasteiger partial charge in [0, 0.05) is 36.3 Å². The van der Waals surface area contributed by atoms with Gasteiger partial charge in [0.2, 0.25) is 0 Å². The van der Waals surface area contributed by atoms with Crippen LogP contribution in [0.3, 0.4) is 0 Å². The molecule has 0 saturated heterocycles. The van der Waals surface area contributed by atoms with Gasteiger partial charge in [0.25, 0.3) is 0 Å². The van der Waals surface area contributed by atoms with Gasteiger partial charge in [0.1, 0.15) is 0 Å². The molecule has 0 spiro atoms. The predicted octanol–water partition coefficient (Wildman–Crippen LogP) is 3.23. The van der Waals surface area contributed by atoms with Crippen LogP contribution in [0.5, 0.6) is 0 Å². The molecule has 0 bridgehead atoms. The molecule has 0 unspecified atom stereocenters. The zero-order chi connectivity index (χ0) is 16.1. The van der Waals surface area contributed by atoms with Crippen LogP contribution in [0.15, 0.2) is 18.6 Å². The number of aromatic nitrogens is 3. The number of carbonyl (C=O) groups excluding carboxylic acids is 1. The lowest BCUT2D eigenvalue weighted by Crippen LogP contribution is -2.31. The molecule has 0 aliphatic heterocycles. The Bertz CT molecular complexity index is 619. The molecular formula is C15H23N5OS. The Morgan fingerprint density at radius 1 is 1.36 bits per heavy atom. The first-order valence-electron chi connectivity index (χ1n) is 7.43. The Morgan fingerprint density at radius 3 is 2.77 bits per heavy atom. The van der Waals surface area contributed by atoms with Crippen molar-refractivity contribution in [3.05, 3.63) is 28.5 Å². The number of urea groups is 1. The number of thiazole rings is 1. The topological polar surface area (TPSA) is 71.8 Å². The molecule has 22 heavy (non-hydrogen) atoms. The van der Waals surface area contributed by atoms with E-state index in [9.17, 15) is 4.79 Å². The average Bonchev–Trinajstić information content (AvgIpc) is 3.05.